The molecule has 0 spiro atoms. The number of alkyl halides is 2. The van der Waals surface area contributed by atoms with Crippen molar-refractivity contribution in [3.63, 3.8) is 0 Å². The summed E-state index contributed by atoms with van der Waals surface area (Å²) in [6.45, 7) is 3.38. The van der Waals surface area contributed by atoms with Crippen molar-refractivity contribution in [3.8, 4) is 0 Å². The third-order valence-electron chi connectivity index (χ3n) is 1.89. The molecular formula is C11H12F3. The van der Waals surface area contributed by atoms with Gasteiger partial charge in [0.15, 0.2) is 0 Å². The molecule has 0 nitrogen and oxygen atoms in total. The van der Waals surface area contributed by atoms with E-state index in [0.717, 1.165) is 6.07 Å². The van der Waals surface area contributed by atoms with Crippen molar-refractivity contribution >= 4 is 0 Å². The normalized spacial score (nSPS) is 11.7. The van der Waals surface area contributed by atoms with Gasteiger partial charge >= 0.3 is 0 Å². The van der Waals surface area contributed by atoms with Gasteiger partial charge in [0, 0.05) is 12.8 Å². The number of rotatable bonds is 4. The highest BCUT2D eigenvalue weighted by Crippen LogP contribution is 2.25. The largest absolute Gasteiger partial charge is 0.252 e. The molecular weight excluding hydrogens is 189 g/mol. The molecule has 14 heavy (non-hydrogen) atoms. The van der Waals surface area contributed by atoms with Crippen molar-refractivity contribution in [2.45, 2.75) is 25.2 Å². The maximum atomic E-state index is 13.1. The van der Waals surface area contributed by atoms with Gasteiger partial charge in [0.2, 0.25) is 0 Å². The van der Waals surface area contributed by atoms with Gasteiger partial charge in [-0.05, 0) is 24.1 Å². The Morgan fingerprint density at radius 2 is 2.00 bits per heavy atom. The highest BCUT2D eigenvalue weighted by atomic mass is 19.3. The van der Waals surface area contributed by atoms with Crippen LogP contribution >= 0.6 is 0 Å². The maximum absolute atomic E-state index is 13.1. The van der Waals surface area contributed by atoms with E-state index >= 15 is 0 Å². The molecule has 0 saturated carbocycles. The van der Waals surface area contributed by atoms with Crippen LogP contribution in [0.5, 0.6) is 0 Å². The van der Waals surface area contributed by atoms with Crippen molar-refractivity contribution in [2.24, 2.45) is 0 Å². The Balaban J connectivity index is 2.68. The highest BCUT2D eigenvalue weighted by Gasteiger charge is 2.27. The van der Waals surface area contributed by atoms with E-state index in [2.05, 4.69) is 6.92 Å². The lowest BCUT2D eigenvalue weighted by molar-refractivity contribution is -0.00630. The van der Waals surface area contributed by atoms with Gasteiger partial charge in [-0.1, -0.05) is 19.1 Å². The van der Waals surface area contributed by atoms with E-state index in [4.69, 9.17) is 0 Å². The van der Waals surface area contributed by atoms with Crippen LogP contribution in [0.25, 0.3) is 0 Å². The first-order valence-electron chi connectivity index (χ1n) is 4.45. The molecule has 3 heteroatoms. The Kier molecular flexibility index (Phi) is 3.55. The molecule has 0 aliphatic carbocycles. The molecule has 0 aliphatic rings. The average molecular weight is 201 g/mol. The number of hydrogen-bond donors (Lipinski definition) is 0. The predicted octanol–water partition coefficient (Wildman–Crippen LogP) is 3.62. The van der Waals surface area contributed by atoms with Crippen molar-refractivity contribution in [3.05, 3.63) is 42.6 Å². The highest BCUT2D eigenvalue weighted by molar-refractivity contribution is 5.17. The number of hydrogen-bond acceptors (Lipinski definition) is 0. The van der Waals surface area contributed by atoms with Crippen molar-refractivity contribution < 1.29 is 13.2 Å². The second-order valence-electron chi connectivity index (χ2n) is 3.27. The molecule has 0 aromatic heterocycles. The lowest BCUT2D eigenvalue weighted by Crippen LogP contribution is -2.19. The smallest absolute Gasteiger partial charge is 0.207 e. The van der Waals surface area contributed by atoms with E-state index < -0.39 is 18.2 Å². The molecule has 0 N–H and O–H groups in total. The molecule has 0 bridgehead atoms. The van der Waals surface area contributed by atoms with Gasteiger partial charge in [-0.3, -0.25) is 0 Å². The first-order valence-corrected chi connectivity index (χ1v) is 4.45. The Morgan fingerprint density at radius 3 is 2.57 bits per heavy atom. The molecule has 1 aromatic rings. The zero-order valence-corrected chi connectivity index (χ0v) is 7.77. The van der Waals surface area contributed by atoms with Gasteiger partial charge in [-0.25, -0.2) is 13.2 Å². The fourth-order valence-electron chi connectivity index (χ4n) is 1.29. The zero-order chi connectivity index (χ0) is 10.6. The van der Waals surface area contributed by atoms with Crippen LogP contribution in [-0.4, -0.2) is 5.92 Å². The van der Waals surface area contributed by atoms with E-state index in [1.54, 1.807) is 0 Å². The van der Waals surface area contributed by atoms with Crippen LogP contribution in [0.3, 0.4) is 0 Å². The second kappa shape index (κ2) is 4.49. The van der Waals surface area contributed by atoms with Crippen LogP contribution in [-0.2, 0) is 6.42 Å². The molecule has 0 unspecified atom stereocenters. The molecule has 1 radical (unpaired) electrons. The van der Waals surface area contributed by atoms with E-state index in [0.29, 0.717) is 5.56 Å². The summed E-state index contributed by atoms with van der Waals surface area (Å²) in [6, 6.07) is 5.31. The van der Waals surface area contributed by atoms with Crippen LogP contribution < -0.4 is 0 Å². The monoisotopic (exact) mass is 201 g/mol. The summed E-state index contributed by atoms with van der Waals surface area (Å²) in [4.78, 5) is 0. The SMILES string of the molecule is [CH2]CCC(F)(F)Cc1cccc(F)c1. The Labute approximate surface area is 81.8 Å². The fourth-order valence-corrected chi connectivity index (χ4v) is 1.29. The molecule has 0 heterocycles. The Bertz CT molecular complexity index is 294. The summed E-state index contributed by atoms with van der Waals surface area (Å²) < 4.78 is 38.8. The summed E-state index contributed by atoms with van der Waals surface area (Å²) in [7, 11) is 0. The fraction of sp³-hybridized carbons (Fsp3) is 0.364. The topological polar surface area (TPSA) is 0 Å². The standard InChI is InChI=1S/C11H12F3/c1-2-6-11(13,14)8-9-4-3-5-10(12)7-9/h3-5,7H,1-2,6,8H2. The summed E-state index contributed by atoms with van der Waals surface area (Å²) in [6.07, 6.45) is -0.494. The van der Waals surface area contributed by atoms with Crippen LogP contribution in [0.1, 0.15) is 18.4 Å². The number of halogens is 3. The van der Waals surface area contributed by atoms with Crippen LogP contribution in [0, 0.1) is 12.7 Å². The summed E-state index contributed by atoms with van der Waals surface area (Å²) in [5, 5.41) is 0. The second-order valence-corrected chi connectivity index (χ2v) is 3.27. The Morgan fingerprint density at radius 1 is 1.29 bits per heavy atom. The summed E-state index contributed by atoms with van der Waals surface area (Å²) >= 11 is 0. The van der Waals surface area contributed by atoms with Gasteiger partial charge in [0.1, 0.15) is 5.82 Å². The van der Waals surface area contributed by atoms with Gasteiger partial charge in [0.05, 0.1) is 0 Å². The van der Waals surface area contributed by atoms with Gasteiger partial charge in [-0.2, -0.15) is 0 Å². The summed E-state index contributed by atoms with van der Waals surface area (Å²) in [5.74, 6) is -3.26. The average Bonchev–Trinajstić information content (AvgIpc) is 2.02. The predicted molar refractivity (Wildman–Crippen MR) is 49.6 cm³/mol. The first kappa shape index (κ1) is 11.1. The molecule has 1 rings (SSSR count). The van der Waals surface area contributed by atoms with E-state index in [9.17, 15) is 13.2 Å². The lowest BCUT2D eigenvalue weighted by atomic mass is 10.0. The molecule has 1 aromatic carbocycles. The van der Waals surface area contributed by atoms with Crippen LogP contribution in [0.4, 0.5) is 13.2 Å². The molecule has 0 saturated heterocycles. The van der Waals surface area contributed by atoms with E-state index in [1.807, 2.05) is 0 Å². The van der Waals surface area contributed by atoms with Crippen molar-refractivity contribution in [1.82, 2.24) is 0 Å². The third-order valence-corrected chi connectivity index (χ3v) is 1.89. The Hall–Kier alpha value is -0.990. The lowest BCUT2D eigenvalue weighted by Gasteiger charge is -2.14. The first-order chi connectivity index (χ1) is 6.53. The zero-order valence-electron chi connectivity index (χ0n) is 7.77. The van der Waals surface area contributed by atoms with Crippen LogP contribution in [0.15, 0.2) is 24.3 Å². The van der Waals surface area contributed by atoms with Gasteiger partial charge in [0.25, 0.3) is 5.92 Å². The van der Waals surface area contributed by atoms with Crippen LogP contribution in [0.2, 0.25) is 0 Å². The molecule has 0 aliphatic heterocycles. The van der Waals surface area contributed by atoms with E-state index in [1.165, 1.54) is 18.2 Å². The van der Waals surface area contributed by atoms with Gasteiger partial charge < -0.3 is 0 Å². The van der Waals surface area contributed by atoms with Crippen molar-refractivity contribution in [1.29, 1.82) is 0 Å². The quantitative estimate of drug-likeness (QED) is 0.698. The molecule has 77 valence electrons. The summed E-state index contributed by atoms with van der Waals surface area (Å²) in [5.41, 5.74) is 0.323. The minimum atomic E-state index is -2.78. The maximum Gasteiger partial charge on any atom is 0.252 e. The van der Waals surface area contributed by atoms with Crippen molar-refractivity contribution in [2.75, 3.05) is 0 Å². The van der Waals surface area contributed by atoms with Gasteiger partial charge in [-0.15, -0.1) is 0 Å². The minimum absolute atomic E-state index is 0.183. The minimum Gasteiger partial charge on any atom is -0.207 e. The van der Waals surface area contributed by atoms with E-state index in [-0.39, 0.29) is 12.8 Å². The third kappa shape index (κ3) is 3.40. The molecule has 0 fully saturated rings. The molecule has 0 atom stereocenters. The number of benzene rings is 1. The molecule has 0 amide bonds.